The molecule has 3 aromatic rings. The van der Waals surface area contributed by atoms with E-state index in [2.05, 4.69) is 25.5 Å². The van der Waals surface area contributed by atoms with Crippen molar-refractivity contribution in [2.75, 3.05) is 11.9 Å². The molecule has 0 saturated heterocycles. The monoisotopic (exact) mass is 399 g/mol. The van der Waals surface area contributed by atoms with Gasteiger partial charge in [-0.05, 0) is 43.6 Å². The minimum Gasteiger partial charge on any atom is -0.375 e. The van der Waals surface area contributed by atoms with Gasteiger partial charge in [-0.25, -0.2) is 18.7 Å². The van der Waals surface area contributed by atoms with Crippen molar-refractivity contribution in [2.45, 2.75) is 50.4 Å². The van der Waals surface area contributed by atoms with Crippen LogP contribution in [0.25, 0.3) is 11.0 Å². The molecule has 2 aliphatic carbocycles. The highest BCUT2D eigenvalue weighted by molar-refractivity contribution is 5.85. The summed E-state index contributed by atoms with van der Waals surface area (Å²) in [6.45, 7) is -0.0975. The Labute approximate surface area is 167 Å². The summed E-state index contributed by atoms with van der Waals surface area (Å²) in [5.74, 6) is 0.295. The average molecular weight is 399 g/mol. The Morgan fingerprint density at radius 3 is 2.90 bits per heavy atom. The number of alkyl halides is 1. The first-order chi connectivity index (χ1) is 14.1. The van der Waals surface area contributed by atoms with Crippen LogP contribution < -0.4 is 5.32 Å². The maximum absolute atomic E-state index is 14.3. The lowest BCUT2D eigenvalue weighted by Crippen LogP contribution is -2.27. The lowest BCUT2D eigenvalue weighted by atomic mass is 9.84. The van der Waals surface area contributed by atoms with E-state index in [1.807, 2.05) is 0 Å². The molecule has 2 aliphatic rings. The molecule has 5 rings (SSSR count). The molecule has 2 aromatic heterocycles. The number of rotatable bonds is 6. The number of ether oxygens (including phenoxy) is 1. The van der Waals surface area contributed by atoms with Crippen LogP contribution in [0.5, 0.6) is 0 Å². The molecule has 0 bridgehead atoms. The zero-order valence-electron chi connectivity index (χ0n) is 15.9. The molecule has 152 valence electrons. The second kappa shape index (κ2) is 7.33. The van der Waals surface area contributed by atoms with Crippen molar-refractivity contribution in [1.82, 2.24) is 20.2 Å². The van der Waals surface area contributed by atoms with Crippen LogP contribution in [-0.2, 0) is 4.74 Å². The fraction of sp³-hybridized carbons (Fsp3) is 0.476. The largest absolute Gasteiger partial charge is 0.375 e. The van der Waals surface area contributed by atoms with Gasteiger partial charge in [-0.3, -0.25) is 5.10 Å². The summed E-state index contributed by atoms with van der Waals surface area (Å²) in [5, 5.41) is 11.3. The van der Waals surface area contributed by atoms with Crippen molar-refractivity contribution in [3.8, 4) is 0 Å². The van der Waals surface area contributed by atoms with Crippen LogP contribution in [0.1, 0.15) is 43.8 Å². The van der Waals surface area contributed by atoms with Crippen LogP contribution in [0.15, 0.2) is 36.8 Å². The molecular formula is C21H23F2N5O. The number of aromatic amines is 1. The number of benzene rings is 1. The Morgan fingerprint density at radius 1 is 1.24 bits per heavy atom. The van der Waals surface area contributed by atoms with Gasteiger partial charge < -0.3 is 10.1 Å². The molecule has 29 heavy (non-hydrogen) atoms. The van der Waals surface area contributed by atoms with E-state index >= 15 is 0 Å². The van der Waals surface area contributed by atoms with Gasteiger partial charge >= 0.3 is 0 Å². The summed E-state index contributed by atoms with van der Waals surface area (Å²) in [6, 6.07) is 6.34. The number of hydrogen-bond acceptors (Lipinski definition) is 5. The van der Waals surface area contributed by atoms with Gasteiger partial charge in [-0.15, -0.1) is 0 Å². The Balaban J connectivity index is 1.13. The number of aromatic nitrogens is 4. The van der Waals surface area contributed by atoms with Crippen molar-refractivity contribution in [3.05, 3.63) is 48.2 Å². The molecule has 2 heterocycles. The molecule has 2 N–H and O–H groups in total. The fourth-order valence-electron chi connectivity index (χ4n) is 4.52. The lowest BCUT2D eigenvalue weighted by molar-refractivity contribution is -0.0122. The zero-order chi connectivity index (χ0) is 19.8. The van der Waals surface area contributed by atoms with Crippen molar-refractivity contribution < 1.29 is 13.5 Å². The number of hydrogen-bond donors (Lipinski definition) is 2. The minimum atomic E-state index is -1.43. The van der Waals surface area contributed by atoms with Crippen molar-refractivity contribution >= 4 is 16.9 Å². The van der Waals surface area contributed by atoms with Crippen molar-refractivity contribution in [2.24, 2.45) is 5.41 Å². The van der Waals surface area contributed by atoms with E-state index in [1.165, 1.54) is 18.5 Å². The molecule has 0 aliphatic heterocycles. The van der Waals surface area contributed by atoms with E-state index in [0.717, 1.165) is 49.0 Å². The first kappa shape index (κ1) is 18.4. The first-order valence-corrected chi connectivity index (χ1v) is 10.1. The van der Waals surface area contributed by atoms with Gasteiger partial charge in [0.25, 0.3) is 0 Å². The maximum atomic E-state index is 14.3. The summed E-state index contributed by atoms with van der Waals surface area (Å²) in [5.41, 5.74) is 1.06. The molecule has 8 heteroatoms. The molecule has 2 fully saturated rings. The van der Waals surface area contributed by atoms with Gasteiger partial charge in [-0.1, -0.05) is 18.2 Å². The average Bonchev–Trinajstić information content (AvgIpc) is 3.16. The highest BCUT2D eigenvalue weighted by Gasteiger charge is 2.55. The summed E-state index contributed by atoms with van der Waals surface area (Å²) < 4.78 is 33.8. The molecule has 2 saturated carbocycles. The molecule has 1 spiro atoms. The molecule has 2 atom stereocenters. The molecular weight excluding hydrogens is 376 g/mol. The second-order valence-electron chi connectivity index (χ2n) is 8.14. The van der Waals surface area contributed by atoms with E-state index in [-0.39, 0.29) is 23.7 Å². The third-order valence-electron chi connectivity index (χ3n) is 6.40. The maximum Gasteiger partial charge on any atom is 0.160 e. The Kier molecular flexibility index (Phi) is 4.66. The van der Waals surface area contributed by atoms with Crippen LogP contribution in [0.2, 0.25) is 0 Å². The number of fused-ring (bicyclic) bond motifs is 1. The Hall–Kier alpha value is -2.61. The summed E-state index contributed by atoms with van der Waals surface area (Å²) in [4.78, 5) is 8.52. The van der Waals surface area contributed by atoms with Gasteiger partial charge in [0, 0.05) is 11.6 Å². The van der Waals surface area contributed by atoms with Crippen LogP contribution in [0, 0.1) is 11.2 Å². The molecule has 6 nitrogen and oxygen atoms in total. The van der Waals surface area contributed by atoms with Crippen LogP contribution in [0.3, 0.4) is 0 Å². The van der Waals surface area contributed by atoms with Gasteiger partial charge in [0.1, 0.15) is 18.0 Å². The van der Waals surface area contributed by atoms with Gasteiger partial charge in [0.2, 0.25) is 0 Å². The predicted octanol–water partition coefficient (Wildman–Crippen LogP) is 4.33. The number of H-pyrrole nitrogens is 1. The highest BCUT2D eigenvalue weighted by Crippen LogP contribution is 2.57. The zero-order valence-corrected chi connectivity index (χ0v) is 15.9. The minimum absolute atomic E-state index is 0.0338. The number of nitrogens with zero attached hydrogens (tertiary/aromatic N) is 3. The summed E-state index contributed by atoms with van der Waals surface area (Å²) in [6.07, 6.45) is 6.83. The number of halogens is 2. The third-order valence-corrected chi connectivity index (χ3v) is 6.40. The smallest absolute Gasteiger partial charge is 0.160 e. The standard InChI is InChI=1S/C21H23F2N5O/c22-16-4-2-1-3-14(16)17(23)11-29-13-5-7-21(8-6-13)9-18(21)27-19-15-10-26-28-20(15)25-12-24-19/h1-4,10,12-13,17-18H,5-9,11H2,(H2,24,25,26,27,28)/t13?,17-,18?,21?/m0/s1. The summed E-state index contributed by atoms with van der Waals surface area (Å²) >= 11 is 0. The van der Waals surface area contributed by atoms with Gasteiger partial charge in [0.05, 0.1) is 24.3 Å². The second-order valence-corrected chi connectivity index (χ2v) is 8.14. The van der Waals surface area contributed by atoms with Crippen molar-refractivity contribution in [3.63, 3.8) is 0 Å². The normalized spacial score (nSPS) is 27.2. The number of nitrogens with one attached hydrogen (secondary N) is 2. The molecule has 1 unspecified atom stereocenters. The molecule has 0 amide bonds. The first-order valence-electron chi connectivity index (χ1n) is 10.1. The van der Waals surface area contributed by atoms with Crippen LogP contribution in [0.4, 0.5) is 14.6 Å². The topological polar surface area (TPSA) is 75.7 Å². The van der Waals surface area contributed by atoms with Crippen LogP contribution >= 0.6 is 0 Å². The predicted molar refractivity (Wildman–Crippen MR) is 105 cm³/mol. The number of anilines is 1. The fourth-order valence-corrected chi connectivity index (χ4v) is 4.52. The van der Waals surface area contributed by atoms with E-state index in [9.17, 15) is 8.78 Å². The Morgan fingerprint density at radius 2 is 2.07 bits per heavy atom. The van der Waals surface area contributed by atoms with Gasteiger partial charge in [0.15, 0.2) is 11.8 Å². The highest BCUT2D eigenvalue weighted by atomic mass is 19.1. The van der Waals surface area contributed by atoms with Crippen LogP contribution in [-0.4, -0.2) is 38.9 Å². The van der Waals surface area contributed by atoms with E-state index in [0.29, 0.717) is 6.04 Å². The summed E-state index contributed by atoms with van der Waals surface area (Å²) in [7, 11) is 0. The third kappa shape index (κ3) is 3.57. The van der Waals surface area contributed by atoms with E-state index in [4.69, 9.17) is 4.74 Å². The SMILES string of the molecule is Fc1ccccc1[C@@H](F)COC1CCC2(CC1)CC2Nc1ncnc2[nH]ncc12. The lowest BCUT2D eigenvalue weighted by Gasteiger charge is -2.30. The van der Waals surface area contributed by atoms with Crippen molar-refractivity contribution in [1.29, 1.82) is 0 Å². The van der Waals surface area contributed by atoms with E-state index < -0.39 is 12.0 Å². The van der Waals surface area contributed by atoms with Gasteiger partial charge in [-0.2, -0.15) is 5.10 Å². The molecule has 0 radical (unpaired) electrons. The quantitative estimate of drug-likeness (QED) is 0.645. The van der Waals surface area contributed by atoms with E-state index in [1.54, 1.807) is 18.3 Å². The Bertz CT molecular complexity index is 1000. The molecule has 1 aromatic carbocycles.